The zero-order valence-corrected chi connectivity index (χ0v) is 13.2. The van der Waals surface area contributed by atoms with E-state index in [0.29, 0.717) is 12.2 Å². The Bertz CT molecular complexity index is 503. The van der Waals surface area contributed by atoms with Crippen molar-refractivity contribution < 1.29 is 8.42 Å². The first-order chi connectivity index (χ1) is 8.36. The van der Waals surface area contributed by atoms with Gasteiger partial charge in [-0.2, -0.15) is 0 Å². The molecular weight excluding hydrogens is 316 g/mol. The van der Waals surface area contributed by atoms with Crippen LogP contribution in [-0.2, 0) is 10.0 Å². The van der Waals surface area contributed by atoms with E-state index in [2.05, 4.69) is 26.0 Å². The van der Waals surface area contributed by atoms with Gasteiger partial charge in [-0.05, 0) is 38.1 Å². The van der Waals surface area contributed by atoms with E-state index in [1.807, 2.05) is 26.0 Å². The SMILES string of the molecule is CCNCC(C)S(=O)(=O)Nc1cc(Br)ccc1C. The molecule has 0 aliphatic carbocycles. The molecule has 1 rings (SSSR count). The fraction of sp³-hybridized carbons (Fsp3) is 0.500. The van der Waals surface area contributed by atoms with Crippen LogP contribution in [-0.4, -0.2) is 26.8 Å². The molecule has 0 bridgehead atoms. The van der Waals surface area contributed by atoms with Gasteiger partial charge in [-0.15, -0.1) is 0 Å². The van der Waals surface area contributed by atoms with Crippen molar-refractivity contribution in [2.45, 2.75) is 26.0 Å². The molecule has 0 saturated heterocycles. The molecule has 0 heterocycles. The van der Waals surface area contributed by atoms with Crippen LogP contribution in [0.25, 0.3) is 0 Å². The van der Waals surface area contributed by atoms with Crippen molar-refractivity contribution in [3.63, 3.8) is 0 Å². The molecule has 2 N–H and O–H groups in total. The summed E-state index contributed by atoms with van der Waals surface area (Å²) < 4.78 is 27.7. The second kappa shape index (κ2) is 6.54. The number of aryl methyl sites for hydroxylation is 1. The predicted octanol–water partition coefficient (Wildman–Crippen LogP) is 2.50. The van der Waals surface area contributed by atoms with Gasteiger partial charge in [-0.1, -0.05) is 28.9 Å². The van der Waals surface area contributed by atoms with E-state index in [4.69, 9.17) is 0 Å². The summed E-state index contributed by atoms with van der Waals surface area (Å²) in [5.74, 6) is 0. The monoisotopic (exact) mass is 334 g/mol. The molecule has 4 nitrogen and oxygen atoms in total. The first kappa shape index (κ1) is 15.5. The molecule has 0 spiro atoms. The molecule has 0 radical (unpaired) electrons. The van der Waals surface area contributed by atoms with Crippen LogP contribution in [0.4, 0.5) is 5.69 Å². The summed E-state index contributed by atoms with van der Waals surface area (Å²) in [7, 11) is -3.36. The maximum Gasteiger partial charge on any atom is 0.236 e. The maximum atomic E-state index is 12.1. The Labute approximate surface area is 117 Å². The van der Waals surface area contributed by atoms with Gasteiger partial charge in [0.05, 0.1) is 10.9 Å². The van der Waals surface area contributed by atoms with Gasteiger partial charge < -0.3 is 5.32 Å². The van der Waals surface area contributed by atoms with Crippen molar-refractivity contribution in [3.8, 4) is 0 Å². The Kier molecular flexibility index (Phi) is 5.62. The Hall–Kier alpha value is -0.590. The Morgan fingerprint density at radius 1 is 1.39 bits per heavy atom. The van der Waals surface area contributed by atoms with Gasteiger partial charge in [0.15, 0.2) is 0 Å². The number of benzene rings is 1. The number of halogens is 1. The standard InChI is InChI=1S/C12H19BrN2O2S/c1-4-14-8-10(3)18(16,17)15-12-7-11(13)6-5-9(12)2/h5-7,10,14-15H,4,8H2,1-3H3. The highest BCUT2D eigenvalue weighted by Gasteiger charge is 2.20. The summed E-state index contributed by atoms with van der Waals surface area (Å²) in [6, 6.07) is 5.53. The number of sulfonamides is 1. The van der Waals surface area contributed by atoms with Crippen LogP contribution < -0.4 is 10.0 Å². The molecule has 18 heavy (non-hydrogen) atoms. The topological polar surface area (TPSA) is 58.2 Å². The van der Waals surface area contributed by atoms with Crippen molar-refractivity contribution in [1.29, 1.82) is 0 Å². The average Bonchev–Trinajstić information content (AvgIpc) is 2.30. The summed E-state index contributed by atoms with van der Waals surface area (Å²) in [5.41, 5.74) is 1.52. The van der Waals surface area contributed by atoms with Crippen molar-refractivity contribution >= 4 is 31.6 Å². The quantitative estimate of drug-likeness (QED) is 0.840. The van der Waals surface area contributed by atoms with Crippen LogP contribution in [0.3, 0.4) is 0 Å². The van der Waals surface area contributed by atoms with E-state index in [9.17, 15) is 8.42 Å². The van der Waals surface area contributed by atoms with E-state index in [1.54, 1.807) is 13.0 Å². The predicted molar refractivity (Wildman–Crippen MR) is 79.4 cm³/mol. The fourth-order valence-corrected chi connectivity index (χ4v) is 2.84. The van der Waals surface area contributed by atoms with Crippen molar-refractivity contribution in [3.05, 3.63) is 28.2 Å². The zero-order chi connectivity index (χ0) is 13.8. The molecule has 1 aromatic carbocycles. The lowest BCUT2D eigenvalue weighted by Crippen LogP contribution is -2.34. The maximum absolute atomic E-state index is 12.1. The lowest BCUT2D eigenvalue weighted by molar-refractivity contribution is 0.579. The van der Waals surface area contributed by atoms with E-state index in [0.717, 1.165) is 16.6 Å². The summed E-state index contributed by atoms with van der Waals surface area (Å²) >= 11 is 3.34. The second-order valence-corrected chi connectivity index (χ2v) is 7.24. The van der Waals surface area contributed by atoms with Gasteiger partial charge in [0.1, 0.15) is 0 Å². The molecule has 0 aromatic heterocycles. The number of nitrogens with one attached hydrogen (secondary N) is 2. The normalized spacial score (nSPS) is 13.3. The Morgan fingerprint density at radius 2 is 2.06 bits per heavy atom. The van der Waals surface area contributed by atoms with E-state index in [1.165, 1.54) is 0 Å². The van der Waals surface area contributed by atoms with Gasteiger partial charge in [0.25, 0.3) is 0 Å². The van der Waals surface area contributed by atoms with Crippen LogP contribution in [0, 0.1) is 6.92 Å². The average molecular weight is 335 g/mol. The zero-order valence-electron chi connectivity index (χ0n) is 10.8. The lowest BCUT2D eigenvalue weighted by Gasteiger charge is -2.16. The van der Waals surface area contributed by atoms with Crippen molar-refractivity contribution in [2.24, 2.45) is 0 Å². The number of anilines is 1. The first-order valence-electron chi connectivity index (χ1n) is 5.85. The molecular formula is C12H19BrN2O2S. The molecule has 1 atom stereocenters. The highest BCUT2D eigenvalue weighted by molar-refractivity contribution is 9.10. The number of rotatable bonds is 6. The highest BCUT2D eigenvalue weighted by atomic mass is 79.9. The minimum Gasteiger partial charge on any atom is -0.316 e. The van der Waals surface area contributed by atoms with Gasteiger partial charge in [0, 0.05) is 11.0 Å². The molecule has 6 heteroatoms. The third-order valence-corrected chi connectivity index (χ3v) is 4.89. The molecule has 0 aliphatic rings. The molecule has 1 aromatic rings. The van der Waals surface area contributed by atoms with E-state index < -0.39 is 15.3 Å². The number of hydrogen-bond acceptors (Lipinski definition) is 3. The van der Waals surface area contributed by atoms with Crippen LogP contribution in [0.2, 0.25) is 0 Å². The second-order valence-electron chi connectivity index (χ2n) is 4.22. The third-order valence-electron chi connectivity index (χ3n) is 2.66. The summed E-state index contributed by atoms with van der Waals surface area (Å²) in [6.45, 7) is 6.72. The van der Waals surface area contributed by atoms with Crippen molar-refractivity contribution in [1.82, 2.24) is 5.32 Å². The molecule has 1 unspecified atom stereocenters. The van der Waals surface area contributed by atoms with E-state index in [-0.39, 0.29) is 0 Å². The van der Waals surface area contributed by atoms with Crippen LogP contribution in [0.1, 0.15) is 19.4 Å². The summed E-state index contributed by atoms with van der Waals surface area (Å²) in [4.78, 5) is 0. The first-order valence-corrected chi connectivity index (χ1v) is 8.19. The minimum absolute atomic E-state index is 0.443. The summed E-state index contributed by atoms with van der Waals surface area (Å²) in [6.07, 6.45) is 0. The highest BCUT2D eigenvalue weighted by Crippen LogP contribution is 2.22. The van der Waals surface area contributed by atoms with Crippen molar-refractivity contribution in [2.75, 3.05) is 17.8 Å². The lowest BCUT2D eigenvalue weighted by atomic mass is 10.2. The summed E-state index contributed by atoms with van der Waals surface area (Å²) in [5, 5.41) is 2.56. The molecule has 0 saturated carbocycles. The van der Waals surface area contributed by atoms with Gasteiger partial charge in [-0.25, -0.2) is 8.42 Å². The van der Waals surface area contributed by atoms with E-state index >= 15 is 0 Å². The molecule has 0 fully saturated rings. The Morgan fingerprint density at radius 3 is 2.67 bits per heavy atom. The Balaban J connectivity index is 2.85. The smallest absolute Gasteiger partial charge is 0.236 e. The van der Waals surface area contributed by atoms with Gasteiger partial charge >= 0.3 is 0 Å². The van der Waals surface area contributed by atoms with Gasteiger partial charge in [0.2, 0.25) is 10.0 Å². The number of hydrogen-bond donors (Lipinski definition) is 2. The largest absolute Gasteiger partial charge is 0.316 e. The third kappa shape index (κ3) is 4.26. The van der Waals surface area contributed by atoms with Crippen LogP contribution >= 0.6 is 15.9 Å². The molecule has 102 valence electrons. The van der Waals surface area contributed by atoms with Gasteiger partial charge in [-0.3, -0.25) is 4.72 Å². The molecule has 0 aliphatic heterocycles. The van der Waals surface area contributed by atoms with Crippen LogP contribution in [0.5, 0.6) is 0 Å². The van der Waals surface area contributed by atoms with Crippen LogP contribution in [0.15, 0.2) is 22.7 Å². The minimum atomic E-state index is -3.36. The fourth-order valence-electron chi connectivity index (χ4n) is 1.42. The molecule has 0 amide bonds.